The molecular weight excluding hydrogens is 463 g/mol. The first-order valence-electron chi connectivity index (χ1n) is 9.84. The molecule has 1 N–H and O–H groups in total. The molecule has 4 aromatic rings. The Hall–Kier alpha value is -3.56. The SMILES string of the molecule is Cc1ccc(-n2c(SCC(=O)NN=Cc3c(F)cccc3Cl)nnc2-c2ccncc2)cc1. The highest BCUT2D eigenvalue weighted by molar-refractivity contribution is 7.99. The number of aryl methyl sites for hydroxylation is 1. The lowest BCUT2D eigenvalue weighted by Crippen LogP contribution is -2.20. The molecule has 0 unspecified atom stereocenters. The van der Waals surface area contributed by atoms with Gasteiger partial charge in [-0.1, -0.05) is 47.1 Å². The Bertz CT molecular complexity index is 1270. The van der Waals surface area contributed by atoms with E-state index < -0.39 is 5.82 Å². The highest BCUT2D eigenvalue weighted by atomic mass is 35.5. The summed E-state index contributed by atoms with van der Waals surface area (Å²) in [4.78, 5) is 16.4. The molecule has 166 valence electrons. The molecule has 2 heterocycles. The van der Waals surface area contributed by atoms with Crippen LogP contribution in [0, 0.1) is 12.7 Å². The summed E-state index contributed by atoms with van der Waals surface area (Å²) in [5, 5.41) is 13.2. The fourth-order valence-electron chi connectivity index (χ4n) is 2.94. The number of hydrogen-bond donors (Lipinski definition) is 1. The zero-order chi connectivity index (χ0) is 23.2. The molecule has 0 spiro atoms. The highest BCUT2D eigenvalue weighted by Crippen LogP contribution is 2.27. The number of amides is 1. The number of pyridine rings is 1. The first kappa shape index (κ1) is 22.6. The average molecular weight is 481 g/mol. The van der Waals surface area contributed by atoms with Crippen LogP contribution in [0.25, 0.3) is 17.1 Å². The molecule has 10 heteroatoms. The van der Waals surface area contributed by atoms with Crippen LogP contribution in [0.15, 0.2) is 77.2 Å². The minimum Gasteiger partial charge on any atom is -0.272 e. The molecule has 0 aliphatic rings. The lowest BCUT2D eigenvalue weighted by molar-refractivity contribution is -0.118. The Balaban J connectivity index is 1.51. The summed E-state index contributed by atoms with van der Waals surface area (Å²) in [6, 6.07) is 15.9. The maximum Gasteiger partial charge on any atom is 0.250 e. The van der Waals surface area contributed by atoms with Crippen molar-refractivity contribution in [2.45, 2.75) is 12.1 Å². The number of hydrazone groups is 1. The van der Waals surface area contributed by atoms with Gasteiger partial charge in [0, 0.05) is 29.2 Å². The van der Waals surface area contributed by atoms with Gasteiger partial charge in [0.1, 0.15) is 5.82 Å². The number of aromatic nitrogens is 4. The maximum atomic E-state index is 13.8. The normalized spacial score (nSPS) is 11.1. The van der Waals surface area contributed by atoms with E-state index in [9.17, 15) is 9.18 Å². The minimum absolute atomic E-state index is 0.0304. The zero-order valence-electron chi connectivity index (χ0n) is 17.4. The molecule has 0 aliphatic heterocycles. The number of carbonyl (C=O) groups excluding carboxylic acids is 1. The van der Waals surface area contributed by atoms with Crippen LogP contribution in [-0.4, -0.2) is 37.6 Å². The van der Waals surface area contributed by atoms with Crippen LogP contribution in [0.5, 0.6) is 0 Å². The second kappa shape index (κ2) is 10.4. The van der Waals surface area contributed by atoms with Crippen LogP contribution in [0.2, 0.25) is 5.02 Å². The number of carbonyl (C=O) groups is 1. The van der Waals surface area contributed by atoms with E-state index in [2.05, 4.69) is 25.7 Å². The van der Waals surface area contributed by atoms with E-state index in [-0.39, 0.29) is 22.2 Å². The first-order chi connectivity index (χ1) is 16.0. The van der Waals surface area contributed by atoms with Gasteiger partial charge in [-0.2, -0.15) is 5.10 Å². The fourth-order valence-corrected chi connectivity index (χ4v) is 3.90. The second-order valence-electron chi connectivity index (χ2n) is 6.93. The molecule has 0 fully saturated rings. The van der Waals surface area contributed by atoms with Crippen molar-refractivity contribution in [1.29, 1.82) is 0 Å². The van der Waals surface area contributed by atoms with Crippen molar-refractivity contribution >= 4 is 35.5 Å². The standard InChI is InChI=1S/C23H18ClFN6OS/c1-15-5-7-17(8-6-15)31-22(16-9-11-26-12-10-16)29-30-23(31)33-14-21(32)28-27-13-18-19(24)3-2-4-20(18)25/h2-13H,14H2,1H3,(H,28,32). The first-order valence-corrected chi connectivity index (χ1v) is 11.2. The van der Waals surface area contributed by atoms with Gasteiger partial charge in [0.05, 0.1) is 17.0 Å². The van der Waals surface area contributed by atoms with E-state index in [1.807, 2.05) is 47.9 Å². The smallest absolute Gasteiger partial charge is 0.250 e. The molecular formula is C23H18ClFN6OS. The molecule has 4 rings (SSSR count). The quantitative estimate of drug-likeness (QED) is 0.236. The molecule has 0 aliphatic carbocycles. The van der Waals surface area contributed by atoms with Gasteiger partial charge in [0.15, 0.2) is 11.0 Å². The summed E-state index contributed by atoms with van der Waals surface area (Å²) >= 11 is 7.16. The van der Waals surface area contributed by atoms with E-state index in [0.717, 1.165) is 16.8 Å². The Kier molecular flexibility index (Phi) is 7.11. The Morgan fingerprint density at radius 2 is 1.91 bits per heavy atom. The van der Waals surface area contributed by atoms with Crippen LogP contribution in [0.1, 0.15) is 11.1 Å². The van der Waals surface area contributed by atoms with Crippen molar-refractivity contribution < 1.29 is 9.18 Å². The molecule has 7 nitrogen and oxygen atoms in total. The monoisotopic (exact) mass is 480 g/mol. The topological polar surface area (TPSA) is 85.1 Å². The van der Waals surface area contributed by atoms with Crippen LogP contribution in [0.3, 0.4) is 0 Å². The summed E-state index contributed by atoms with van der Waals surface area (Å²) in [7, 11) is 0. The van der Waals surface area contributed by atoms with Gasteiger partial charge < -0.3 is 0 Å². The third-order valence-corrected chi connectivity index (χ3v) is 5.84. The van der Waals surface area contributed by atoms with Crippen LogP contribution >= 0.6 is 23.4 Å². The largest absolute Gasteiger partial charge is 0.272 e. The molecule has 0 atom stereocenters. The Morgan fingerprint density at radius 1 is 1.15 bits per heavy atom. The third kappa shape index (κ3) is 5.44. The molecule has 0 saturated heterocycles. The van der Waals surface area contributed by atoms with Crippen molar-refractivity contribution in [2.24, 2.45) is 5.10 Å². The van der Waals surface area contributed by atoms with Gasteiger partial charge in [-0.05, 0) is 43.3 Å². The molecule has 2 aromatic carbocycles. The Morgan fingerprint density at radius 3 is 2.64 bits per heavy atom. The molecule has 0 bridgehead atoms. The second-order valence-corrected chi connectivity index (χ2v) is 8.28. The summed E-state index contributed by atoms with van der Waals surface area (Å²) in [5.41, 5.74) is 5.32. The van der Waals surface area contributed by atoms with Gasteiger partial charge in [-0.3, -0.25) is 14.3 Å². The van der Waals surface area contributed by atoms with Crippen molar-refractivity contribution in [3.63, 3.8) is 0 Å². The predicted molar refractivity (Wildman–Crippen MR) is 127 cm³/mol. The van der Waals surface area contributed by atoms with E-state index in [0.29, 0.717) is 11.0 Å². The third-order valence-electron chi connectivity index (χ3n) is 4.58. The van der Waals surface area contributed by atoms with E-state index >= 15 is 0 Å². The van der Waals surface area contributed by atoms with Crippen LogP contribution < -0.4 is 5.43 Å². The van der Waals surface area contributed by atoms with Crippen molar-refractivity contribution in [2.75, 3.05) is 5.75 Å². The molecule has 0 radical (unpaired) electrons. The minimum atomic E-state index is -0.523. The fraction of sp³-hybridized carbons (Fsp3) is 0.0870. The predicted octanol–water partition coefficient (Wildman–Crippen LogP) is 4.67. The van der Waals surface area contributed by atoms with Crippen molar-refractivity contribution in [3.05, 3.63) is 89.0 Å². The van der Waals surface area contributed by atoms with Gasteiger partial charge in [0.2, 0.25) is 0 Å². The summed E-state index contributed by atoms with van der Waals surface area (Å²) < 4.78 is 15.7. The van der Waals surface area contributed by atoms with Gasteiger partial charge >= 0.3 is 0 Å². The zero-order valence-corrected chi connectivity index (χ0v) is 19.0. The van der Waals surface area contributed by atoms with Crippen molar-refractivity contribution in [3.8, 4) is 17.1 Å². The maximum absolute atomic E-state index is 13.8. The summed E-state index contributed by atoms with van der Waals surface area (Å²) in [6.45, 7) is 2.01. The number of halogens is 2. The molecule has 0 saturated carbocycles. The summed E-state index contributed by atoms with van der Waals surface area (Å²) in [5.74, 6) is -0.239. The number of benzene rings is 2. The van der Waals surface area contributed by atoms with E-state index in [1.165, 1.54) is 30.1 Å². The molecule has 33 heavy (non-hydrogen) atoms. The number of nitrogens with zero attached hydrogens (tertiary/aromatic N) is 5. The van der Waals surface area contributed by atoms with E-state index in [1.54, 1.807) is 18.5 Å². The van der Waals surface area contributed by atoms with Gasteiger partial charge in [0.25, 0.3) is 5.91 Å². The lowest BCUT2D eigenvalue weighted by atomic mass is 10.2. The van der Waals surface area contributed by atoms with Gasteiger partial charge in [-0.15, -0.1) is 10.2 Å². The van der Waals surface area contributed by atoms with E-state index in [4.69, 9.17) is 11.6 Å². The van der Waals surface area contributed by atoms with Gasteiger partial charge in [-0.25, -0.2) is 9.82 Å². The number of thioether (sulfide) groups is 1. The average Bonchev–Trinajstić information content (AvgIpc) is 3.25. The van der Waals surface area contributed by atoms with Crippen LogP contribution in [0.4, 0.5) is 4.39 Å². The number of nitrogens with one attached hydrogen (secondary N) is 1. The van der Waals surface area contributed by atoms with Crippen molar-refractivity contribution in [1.82, 2.24) is 25.2 Å². The Labute approximate surface area is 198 Å². The number of hydrogen-bond acceptors (Lipinski definition) is 6. The molecule has 1 amide bonds. The highest BCUT2D eigenvalue weighted by Gasteiger charge is 2.17. The van der Waals surface area contributed by atoms with Crippen LogP contribution in [-0.2, 0) is 4.79 Å². The number of rotatable bonds is 7. The lowest BCUT2D eigenvalue weighted by Gasteiger charge is -2.10. The molecule has 2 aromatic heterocycles. The summed E-state index contributed by atoms with van der Waals surface area (Å²) in [6.07, 6.45) is 4.55.